The van der Waals surface area contributed by atoms with Gasteiger partial charge in [0.1, 0.15) is 17.9 Å². The first-order valence-electron chi connectivity index (χ1n) is 9.91. The van der Waals surface area contributed by atoms with Gasteiger partial charge >= 0.3 is 0 Å². The Morgan fingerprint density at radius 3 is 2.59 bits per heavy atom. The summed E-state index contributed by atoms with van der Waals surface area (Å²) in [5.74, 6) is 0.485. The molecule has 2 heterocycles. The molecule has 0 bridgehead atoms. The Balaban J connectivity index is 1.74. The summed E-state index contributed by atoms with van der Waals surface area (Å²) in [6.45, 7) is 5.93. The Morgan fingerprint density at radius 1 is 1.03 bits per heavy atom. The number of carbonyl (C=O) groups excluding carboxylic acids is 1. The van der Waals surface area contributed by atoms with Crippen LogP contribution in [0.15, 0.2) is 53.3 Å². The summed E-state index contributed by atoms with van der Waals surface area (Å²) in [7, 11) is 0. The molecule has 0 atom stereocenters. The topological polar surface area (TPSA) is 68.4 Å². The Labute approximate surface area is 168 Å². The van der Waals surface area contributed by atoms with Crippen molar-refractivity contribution in [2.24, 2.45) is 0 Å². The maximum Gasteiger partial charge on any atom is 0.291 e. The molecular formula is C23H24N4O2. The van der Waals surface area contributed by atoms with Gasteiger partial charge in [0.2, 0.25) is 5.91 Å². The van der Waals surface area contributed by atoms with Gasteiger partial charge in [0.05, 0.1) is 5.52 Å². The van der Waals surface area contributed by atoms with E-state index in [2.05, 4.69) is 16.5 Å². The molecule has 0 unspecified atom stereocenters. The number of aromatic nitrogens is 3. The molecule has 0 spiro atoms. The van der Waals surface area contributed by atoms with Gasteiger partial charge in [-0.05, 0) is 43.2 Å². The summed E-state index contributed by atoms with van der Waals surface area (Å²) in [5.41, 5.74) is 4.19. The molecule has 29 heavy (non-hydrogen) atoms. The van der Waals surface area contributed by atoms with Gasteiger partial charge in [0, 0.05) is 17.5 Å². The maximum absolute atomic E-state index is 13.1. The second-order valence-electron chi connectivity index (χ2n) is 7.22. The molecule has 0 radical (unpaired) electrons. The van der Waals surface area contributed by atoms with Crippen LogP contribution >= 0.6 is 0 Å². The fourth-order valence-electron chi connectivity index (χ4n) is 3.74. The van der Waals surface area contributed by atoms with Gasteiger partial charge in [-0.25, -0.2) is 4.68 Å². The first kappa shape index (κ1) is 18.9. The van der Waals surface area contributed by atoms with Gasteiger partial charge in [-0.3, -0.25) is 14.0 Å². The highest BCUT2D eigenvalue weighted by molar-refractivity contribution is 5.91. The Bertz CT molecular complexity index is 1280. The number of carbonyl (C=O) groups is 1. The number of nitrogens with zero attached hydrogens (tertiary/aromatic N) is 3. The summed E-state index contributed by atoms with van der Waals surface area (Å²) >= 11 is 0. The quantitative estimate of drug-likeness (QED) is 0.567. The SMILES string of the molecule is CCc1ccccc1NC(=O)Cn1nc(CC)n2c(cc3cc(C)ccc32)c1=O. The molecule has 2 aromatic carbocycles. The molecule has 0 aliphatic rings. The summed E-state index contributed by atoms with van der Waals surface area (Å²) in [6.07, 6.45) is 1.46. The van der Waals surface area contributed by atoms with Gasteiger partial charge in [-0.1, -0.05) is 43.7 Å². The first-order valence-corrected chi connectivity index (χ1v) is 9.91. The van der Waals surface area contributed by atoms with Crippen LogP contribution in [-0.2, 0) is 24.2 Å². The van der Waals surface area contributed by atoms with E-state index in [0.717, 1.165) is 40.0 Å². The molecule has 2 aromatic heterocycles. The minimum Gasteiger partial charge on any atom is -0.324 e. The first-order chi connectivity index (χ1) is 14.0. The number of hydrogen-bond donors (Lipinski definition) is 1. The van der Waals surface area contributed by atoms with Crippen LogP contribution in [-0.4, -0.2) is 20.1 Å². The van der Waals surface area contributed by atoms with Crippen LogP contribution < -0.4 is 10.9 Å². The lowest BCUT2D eigenvalue weighted by atomic mass is 10.1. The fraction of sp³-hybridized carbons (Fsp3) is 0.261. The number of rotatable bonds is 5. The average Bonchev–Trinajstić information content (AvgIpc) is 3.09. The smallest absolute Gasteiger partial charge is 0.291 e. The second-order valence-corrected chi connectivity index (χ2v) is 7.22. The van der Waals surface area contributed by atoms with Crippen molar-refractivity contribution in [3.05, 3.63) is 75.8 Å². The van der Waals surface area contributed by atoms with E-state index in [9.17, 15) is 9.59 Å². The number of anilines is 1. The van der Waals surface area contributed by atoms with Gasteiger partial charge in [0.15, 0.2) is 0 Å². The van der Waals surface area contributed by atoms with Crippen LogP contribution in [0.5, 0.6) is 0 Å². The van der Waals surface area contributed by atoms with Crippen LogP contribution in [0.25, 0.3) is 16.4 Å². The molecule has 148 valence electrons. The molecule has 0 fully saturated rings. The van der Waals surface area contributed by atoms with Crippen molar-refractivity contribution in [1.29, 1.82) is 0 Å². The zero-order valence-corrected chi connectivity index (χ0v) is 16.9. The lowest BCUT2D eigenvalue weighted by Crippen LogP contribution is -2.32. The van der Waals surface area contributed by atoms with E-state index in [1.807, 2.05) is 67.6 Å². The Morgan fingerprint density at radius 2 is 1.83 bits per heavy atom. The predicted molar refractivity (Wildman–Crippen MR) is 116 cm³/mol. The van der Waals surface area contributed by atoms with Crippen molar-refractivity contribution in [3.63, 3.8) is 0 Å². The number of benzene rings is 2. The van der Waals surface area contributed by atoms with E-state index in [1.54, 1.807) is 0 Å². The van der Waals surface area contributed by atoms with Gasteiger partial charge in [0.25, 0.3) is 5.56 Å². The third-order valence-electron chi connectivity index (χ3n) is 5.19. The molecule has 4 aromatic rings. The molecule has 0 saturated heterocycles. The average molecular weight is 388 g/mol. The zero-order chi connectivity index (χ0) is 20.5. The second kappa shape index (κ2) is 7.54. The van der Waals surface area contributed by atoms with Crippen molar-refractivity contribution in [2.75, 3.05) is 5.32 Å². The lowest BCUT2D eigenvalue weighted by Gasteiger charge is -2.12. The zero-order valence-electron chi connectivity index (χ0n) is 16.9. The highest BCUT2D eigenvalue weighted by Gasteiger charge is 2.16. The van der Waals surface area contributed by atoms with Crippen LogP contribution in [0.1, 0.15) is 30.8 Å². The van der Waals surface area contributed by atoms with E-state index in [1.165, 1.54) is 4.68 Å². The highest BCUT2D eigenvalue weighted by Crippen LogP contribution is 2.21. The van der Waals surface area contributed by atoms with Crippen LogP contribution in [0, 0.1) is 6.92 Å². The van der Waals surface area contributed by atoms with Crippen LogP contribution in [0.4, 0.5) is 5.69 Å². The summed E-state index contributed by atoms with van der Waals surface area (Å²) in [5, 5.41) is 8.40. The molecule has 1 amide bonds. The number of amides is 1. The lowest BCUT2D eigenvalue weighted by molar-refractivity contribution is -0.117. The summed E-state index contributed by atoms with van der Waals surface area (Å²) in [6, 6.07) is 15.7. The predicted octanol–water partition coefficient (Wildman–Crippen LogP) is 3.72. The minimum absolute atomic E-state index is 0.124. The van der Waals surface area contributed by atoms with Crippen molar-refractivity contribution >= 4 is 28.0 Å². The largest absolute Gasteiger partial charge is 0.324 e. The normalized spacial score (nSPS) is 11.3. The molecule has 0 aliphatic carbocycles. The Kier molecular flexibility index (Phi) is 4.92. The third kappa shape index (κ3) is 3.42. The summed E-state index contributed by atoms with van der Waals surface area (Å²) < 4.78 is 3.17. The maximum atomic E-state index is 13.1. The number of hydrogen-bond acceptors (Lipinski definition) is 3. The number of nitrogens with one attached hydrogen (secondary N) is 1. The minimum atomic E-state index is -0.269. The monoisotopic (exact) mass is 388 g/mol. The van der Waals surface area contributed by atoms with E-state index in [0.29, 0.717) is 11.9 Å². The molecule has 4 rings (SSSR count). The molecule has 0 saturated carbocycles. The number of fused-ring (bicyclic) bond motifs is 3. The molecule has 6 nitrogen and oxygen atoms in total. The molecular weight excluding hydrogens is 364 g/mol. The molecule has 6 heteroatoms. The Hall–Kier alpha value is -3.41. The van der Waals surface area contributed by atoms with Crippen LogP contribution in [0.2, 0.25) is 0 Å². The van der Waals surface area contributed by atoms with Crippen molar-refractivity contribution < 1.29 is 4.79 Å². The standard InChI is InChI=1S/C23H24N4O2/c1-4-16-8-6-7-9-18(16)24-22(28)14-26-23(29)20-13-17-12-15(3)10-11-19(17)27(20)21(5-2)25-26/h6-13H,4-5,14H2,1-3H3,(H,24,28). The van der Waals surface area contributed by atoms with Gasteiger partial charge in [-0.15, -0.1) is 0 Å². The third-order valence-corrected chi connectivity index (χ3v) is 5.19. The van der Waals surface area contributed by atoms with Crippen molar-refractivity contribution in [2.45, 2.75) is 40.2 Å². The van der Waals surface area contributed by atoms with E-state index < -0.39 is 0 Å². The van der Waals surface area contributed by atoms with E-state index >= 15 is 0 Å². The summed E-state index contributed by atoms with van der Waals surface area (Å²) in [4.78, 5) is 25.7. The van der Waals surface area contributed by atoms with Crippen molar-refractivity contribution in [3.8, 4) is 0 Å². The number of aryl methyl sites for hydroxylation is 3. The van der Waals surface area contributed by atoms with E-state index in [4.69, 9.17) is 0 Å². The van der Waals surface area contributed by atoms with Crippen molar-refractivity contribution in [1.82, 2.24) is 14.2 Å². The highest BCUT2D eigenvalue weighted by atomic mass is 16.2. The van der Waals surface area contributed by atoms with E-state index in [-0.39, 0.29) is 18.0 Å². The van der Waals surface area contributed by atoms with Gasteiger partial charge in [-0.2, -0.15) is 5.10 Å². The van der Waals surface area contributed by atoms with Crippen LogP contribution in [0.3, 0.4) is 0 Å². The fourth-order valence-corrected chi connectivity index (χ4v) is 3.74. The molecule has 1 N–H and O–H groups in total. The van der Waals surface area contributed by atoms with Gasteiger partial charge < -0.3 is 5.32 Å². The number of para-hydroxylation sites is 1. The molecule has 0 aliphatic heterocycles.